The molecule has 1 N–H and O–H groups in total. The molecule has 1 amide bonds. The zero-order valence-electron chi connectivity index (χ0n) is 16.7. The highest BCUT2D eigenvalue weighted by molar-refractivity contribution is 7.11. The topological polar surface area (TPSA) is 81.7 Å². The number of carbonyl (C=O) groups excluding carboxylic acids is 1. The van der Waals surface area contributed by atoms with Gasteiger partial charge in [0, 0.05) is 65.6 Å². The van der Waals surface area contributed by atoms with Crippen molar-refractivity contribution < 1.29 is 9.90 Å². The molecule has 154 valence electrons. The number of piperidine rings is 1. The number of hydrogen-bond donors (Lipinski definition) is 1. The molecule has 6 heterocycles. The lowest BCUT2D eigenvalue weighted by atomic mass is 9.82. The van der Waals surface area contributed by atoms with Gasteiger partial charge in [0.1, 0.15) is 11.8 Å². The van der Waals surface area contributed by atoms with Crippen LogP contribution in [0.1, 0.15) is 52.3 Å². The van der Waals surface area contributed by atoms with Gasteiger partial charge in [-0.2, -0.15) is 0 Å². The maximum atomic E-state index is 13.4. The fourth-order valence-electron chi connectivity index (χ4n) is 5.28. The number of aliphatic hydroxyl groups is 1. The number of nitrogens with zero attached hydrogens (tertiary/aromatic N) is 5. The van der Waals surface area contributed by atoms with Crippen molar-refractivity contribution in [1.82, 2.24) is 19.8 Å². The quantitative estimate of drug-likeness (QED) is 0.771. The number of amides is 1. The van der Waals surface area contributed by atoms with Crippen LogP contribution in [0.2, 0.25) is 0 Å². The summed E-state index contributed by atoms with van der Waals surface area (Å²) in [4.78, 5) is 31.9. The molecular weight excluding hydrogens is 398 g/mol. The van der Waals surface area contributed by atoms with Gasteiger partial charge in [-0.3, -0.25) is 19.8 Å². The van der Waals surface area contributed by atoms with Gasteiger partial charge in [-0.1, -0.05) is 0 Å². The molecule has 0 spiro atoms. The fourth-order valence-corrected chi connectivity index (χ4v) is 6.14. The highest BCUT2D eigenvalue weighted by atomic mass is 32.1. The summed E-state index contributed by atoms with van der Waals surface area (Å²) in [5.74, 6) is 0.0703. The predicted octanol–water partition coefficient (Wildman–Crippen LogP) is 2.57. The summed E-state index contributed by atoms with van der Waals surface area (Å²) in [5.41, 5.74) is 2.21. The molecule has 0 aliphatic carbocycles. The predicted molar refractivity (Wildman–Crippen MR) is 114 cm³/mol. The van der Waals surface area contributed by atoms with Gasteiger partial charge < -0.3 is 14.9 Å². The summed E-state index contributed by atoms with van der Waals surface area (Å²) >= 11 is 1.59. The molecule has 3 atom stereocenters. The number of carbonyl (C=O) groups is 1. The Morgan fingerprint density at radius 2 is 2.00 bits per heavy atom. The zero-order chi connectivity index (χ0) is 20.5. The third-order valence-corrected chi connectivity index (χ3v) is 7.75. The van der Waals surface area contributed by atoms with E-state index in [0.717, 1.165) is 41.1 Å². The largest absolute Gasteiger partial charge is 0.383 e. The first-order valence-electron chi connectivity index (χ1n) is 10.4. The average molecular weight is 422 g/mol. The number of aliphatic imine (C=N–C) groups is 1. The molecule has 30 heavy (non-hydrogen) atoms. The Balaban J connectivity index is 1.24. The lowest BCUT2D eigenvalue weighted by molar-refractivity contribution is -0.0514. The maximum absolute atomic E-state index is 13.4. The van der Waals surface area contributed by atoms with Crippen molar-refractivity contribution in [2.75, 3.05) is 6.54 Å². The molecule has 2 aromatic rings. The van der Waals surface area contributed by atoms with E-state index in [0.29, 0.717) is 24.7 Å². The standard InChI is InChI=1S/C22H23N5O2S/c1-13-20(24-5-4-23-13)22(29)7-16-2-3-17(8-22)27(16)21(28)14-6-18(30-12-14)15-9-25-19-11-26(19)10-15/h4-6,9-10,12,16-17,19,29H,2-3,7-8,11H2,1H3. The van der Waals surface area contributed by atoms with Gasteiger partial charge in [-0.05, 0) is 25.8 Å². The summed E-state index contributed by atoms with van der Waals surface area (Å²) < 4.78 is 0. The fraction of sp³-hybridized carbons (Fsp3) is 0.455. The van der Waals surface area contributed by atoms with Crippen LogP contribution in [0.15, 0.2) is 35.0 Å². The Morgan fingerprint density at radius 1 is 1.23 bits per heavy atom. The van der Waals surface area contributed by atoms with E-state index in [1.165, 1.54) is 0 Å². The van der Waals surface area contributed by atoms with Crippen LogP contribution in [-0.4, -0.2) is 61.8 Å². The van der Waals surface area contributed by atoms with E-state index >= 15 is 0 Å². The van der Waals surface area contributed by atoms with Crippen LogP contribution < -0.4 is 0 Å². The van der Waals surface area contributed by atoms with Crippen LogP contribution in [0.4, 0.5) is 0 Å². The highest BCUT2D eigenvalue weighted by Crippen LogP contribution is 2.46. The molecule has 0 radical (unpaired) electrons. The Hall–Kier alpha value is -2.58. The van der Waals surface area contributed by atoms with Crippen molar-refractivity contribution in [2.45, 2.75) is 56.5 Å². The number of rotatable bonds is 3. The first kappa shape index (κ1) is 18.2. The lowest BCUT2D eigenvalue weighted by Crippen LogP contribution is -2.52. The summed E-state index contributed by atoms with van der Waals surface area (Å²) in [7, 11) is 0. The van der Waals surface area contributed by atoms with E-state index < -0.39 is 5.60 Å². The number of fused-ring (bicyclic) bond motifs is 3. The van der Waals surface area contributed by atoms with Crippen molar-refractivity contribution in [1.29, 1.82) is 0 Å². The van der Waals surface area contributed by atoms with Gasteiger partial charge in [0.05, 0.1) is 23.5 Å². The molecule has 2 bridgehead atoms. The average Bonchev–Trinajstić information content (AvgIpc) is 3.24. The van der Waals surface area contributed by atoms with Crippen LogP contribution in [0.3, 0.4) is 0 Å². The molecule has 6 rings (SSSR count). The van der Waals surface area contributed by atoms with Crippen molar-refractivity contribution in [2.24, 2.45) is 4.99 Å². The molecule has 4 aliphatic rings. The second-order valence-corrected chi connectivity index (χ2v) is 9.68. The maximum Gasteiger partial charge on any atom is 0.255 e. The second-order valence-electron chi connectivity index (χ2n) is 8.77. The molecule has 0 aromatic carbocycles. The normalized spacial score (nSPS) is 31.5. The minimum atomic E-state index is -1.01. The zero-order valence-corrected chi connectivity index (χ0v) is 17.5. The van der Waals surface area contributed by atoms with E-state index in [2.05, 4.69) is 26.1 Å². The molecule has 3 unspecified atom stereocenters. The smallest absolute Gasteiger partial charge is 0.255 e. The van der Waals surface area contributed by atoms with Gasteiger partial charge in [0.2, 0.25) is 0 Å². The Labute approximate surface area is 178 Å². The third-order valence-electron chi connectivity index (χ3n) is 6.77. The van der Waals surface area contributed by atoms with Gasteiger partial charge in [0.15, 0.2) is 0 Å². The summed E-state index contributed by atoms with van der Waals surface area (Å²) in [6, 6.07) is 2.04. The number of aromatic nitrogens is 2. The molecule has 3 saturated heterocycles. The van der Waals surface area contributed by atoms with Crippen molar-refractivity contribution in [3.05, 3.63) is 51.9 Å². The Kier molecular flexibility index (Phi) is 3.92. The minimum Gasteiger partial charge on any atom is -0.383 e. The van der Waals surface area contributed by atoms with Crippen LogP contribution in [0, 0.1) is 6.92 Å². The highest BCUT2D eigenvalue weighted by Gasteiger charge is 2.51. The van der Waals surface area contributed by atoms with Crippen LogP contribution >= 0.6 is 11.3 Å². The number of thiophene rings is 1. The molecule has 0 saturated carbocycles. The van der Waals surface area contributed by atoms with Gasteiger partial charge in [-0.15, -0.1) is 11.3 Å². The summed E-state index contributed by atoms with van der Waals surface area (Å²) in [6.45, 7) is 2.87. The monoisotopic (exact) mass is 421 g/mol. The summed E-state index contributed by atoms with van der Waals surface area (Å²) in [5, 5.41) is 13.4. The van der Waals surface area contributed by atoms with E-state index in [4.69, 9.17) is 0 Å². The molecule has 4 aliphatic heterocycles. The molecule has 7 nitrogen and oxygen atoms in total. The third kappa shape index (κ3) is 2.81. The van der Waals surface area contributed by atoms with Crippen molar-refractivity contribution >= 4 is 29.0 Å². The molecule has 8 heteroatoms. The van der Waals surface area contributed by atoms with Gasteiger partial charge in [0.25, 0.3) is 5.91 Å². The Bertz CT molecular complexity index is 1080. The van der Waals surface area contributed by atoms with Gasteiger partial charge in [-0.25, -0.2) is 0 Å². The van der Waals surface area contributed by atoms with Crippen LogP contribution in [0.25, 0.3) is 5.57 Å². The first-order valence-corrected chi connectivity index (χ1v) is 11.3. The van der Waals surface area contributed by atoms with Gasteiger partial charge >= 0.3 is 0 Å². The number of hydrogen-bond acceptors (Lipinski definition) is 7. The van der Waals surface area contributed by atoms with Crippen LogP contribution in [-0.2, 0) is 5.60 Å². The molecule has 2 aromatic heterocycles. The van der Waals surface area contributed by atoms with E-state index in [1.54, 1.807) is 23.7 Å². The van der Waals surface area contributed by atoms with Crippen molar-refractivity contribution in [3.63, 3.8) is 0 Å². The Morgan fingerprint density at radius 3 is 2.73 bits per heavy atom. The van der Waals surface area contributed by atoms with Crippen molar-refractivity contribution in [3.8, 4) is 0 Å². The number of allylic oxidation sites excluding steroid dienone is 1. The van der Waals surface area contributed by atoms with E-state index in [9.17, 15) is 9.90 Å². The SMILES string of the molecule is Cc1nccnc1C1(O)CC2CCC(C1)N2C(=O)c1csc(C2=CN3CC3N=C2)c1. The molecular formula is C22H23N5O2S. The second kappa shape index (κ2) is 6.46. The van der Waals surface area contributed by atoms with E-state index in [1.807, 2.05) is 29.5 Å². The first-order chi connectivity index (χ1) is 14.5. The van der Waals surface area contributed by atoms with E-state index in [-0.39, 0.29) is 18.0 Å². The lowest BCUT2D eigenvalue weighted by Gasteiger charge is -2.43. The molecule has 3 fully saturated rings. The minimum absolute atomic E-state index is 0.0276. The number of aryl methyl sites for hydroxylation is 1. The van der Waals surface area contributed by atoms with Crippen LogP contribution in [0.5, 0.6) is 0 Å². The summed E-state index contributed by atoms with van der Waals surface area (Å²) in [6.07, 6.45) is 10.5.